The third-order valence-corrected chi connectivity index (χ3v) is 4.83. The maximum atomic E-state index is 12.0. The molecule has 5 nitrogen and oxygen atoms in total. The number of aromatic nitrogens is 1. The maximum Gasteiger partial charge on any atom is 0.310 e. The molecule has 27 heavy (non-hydrogen) atoms. The summed E-state index contributed by atoms with van der Waals surface area (Å²) in [5.74, 6) is -0.486. The van der Waals surface area contributed by atoms with Gasteiger partial charge in [-0.2, -0.15) is 0 Å². The van der Waals surface area contributed by atoms with Crippen molar-refractivity contribution in [3.8, 4) is 0 Å². The highest BCUT2D eigenvalue weighted by molar-refractivity contribution is 7.14. The van der Waals surface area contributed by atoms with E-state index in [1.54, 1.807) is 29.6 Å². The van der Waals surface area contributed by atoms with Crippen LogP contribution < -0.4 is 4.90 Å². The standard InChI is InChI=1S/C20H17ClN2O3S/c1-14(24)23(18-5-3-2-4-6-18)20-22-17(13-27-20)12-26-19(25)11-15-7-9-16(21)10-8-15/h2-10,13H,11-12H2,1H3. The highest BCUT2D eigenvalue weighted by atomic mass is 35.5. The van der Waals surface area contributed by atoms with E-state index >= 15 is 0 Å². The van der Waals surface area contributed by atoms with Gasteiger partial charge in [-0.05, 0) is 29.8 Å². The van der Waals surface area contributed by atoms with Crippen LogP contribution in [-0.2, 0) is 27.4 Å². The van der Waals surface area contributed by atoms with Crippen LogP contribution in [0.25, 0.3) is 0 Å². The quantitative estimate of drug-likeness (QED) is 0.559. The molecular formula is C20H17ClN2O3S. The Balaban J connectivity index is 1.62. The van der Waals surface area contributed by atoms with Crippen LogP contribution in [-0.4, -0.2) is 16.9 Å². The molecule has 138 valence electrons. The van der Waals surface area contributed by atoms with Crippen molar-refractivity contribution < 1.29 is 14.3 Å². The van der Waals surface area contributed by atoms with Gasteiger partial charge < -0.3 is 4.74 Å². The fourth-order valence-corrected chi connectivity index (χ4v) is 3.44. The molecule has 1 aromatic heterocycles. The van der Waals surface area contributed by atoms with Crippen molar-refractivity contribution in [3.05, 3.63) is 76.3 Å². The zero-order valence-corrected chi connectivity index (χ0v) is 16.2. The Morgan fingerprint density at radius 2 is 1.81 bits per heavy atom. The minimum Gasteiger partial charge on any atom is -0.459 e. The van der Waals surface area contributed by atoms with Gasteiger partial charge in [-0.15, -0.1) is 11.3 Å². The summed E-state index contributed by atoms with van der Waals surface area (Å²) in [4.78, 5) is 30.0. The summed E-state index contributed by atoms with van der Waals surface area (Å²) in [6.07, 6.45) is 0.164. The van der Waals surface area contributed by atoms with E-state index < -0.39 is 0 Å². The molecule has 3 aromatic rings. The lowest BCUT2D eigenvalue weighted by molar-refractivity contribution is -0.144. The Bertz CT molecular complexity index is 926. The van der Waals surface area contributed by atoms with Crippen LogP contribution in [0, 0.1) is 0 Å². The van der Waals surface area contributed by atoms with Crippen molar-refractivity contribution >= 4 is 45.6 Å². The monoisotopic (exact) mass is 400 g/mol. The highest BCUT2D eigenvalue weighted by Gasteiger charge is 2.18. The van der Waals surface area contributed by atoms with E-state index in [4.69, 9.17) is 16.3 Å². The fourth-order valence-electron chi connectivity index (χ4n) is 2.44. The topological polar surface area (TPSA) is 59.5 Å². The van der Waals surface area contributed by atoms with E-state index in [-0.39, 0.29) is 24.9 Å². The predicted molar refractivity (Wildman–Crippen MR) is 106 cm³/mol. The van der Waals surface area contributed by atoms with Gasteiger partial charge >= 0.3 is 5.97 Å². The normalized spacial score (nSPS) is 10.4. The Labute approximate surface area is 166 Å². The van der Waals surface area contributed by atoms with E-state index in [1.165, 1.54) is 23.2 Å². The van der Waals surface area contributed by atoms with Gasteiger partial charge in [0.05, 0.1) is 17.8 Å². The van der Waals surface area contributed by atoms with Crippen LogP contribution in [0.15, 0.2) is 60.0 Å². The number of esters is 1. The number of para-hydroxylation sites is 1. The first-order chi connectivity index (χ1) is 13.0. The second-order valence-corrected chi connectivity index (χ2v) is 7.05. The molecule has 0 fully saturated rings. The minimum absolute atomic E-state index is 0.0590. The first-order valence-electron chi connectivity index (χ1n) is 8.23. The number of anilines is 2. The Hall–Kier alpha value is -2.70. The van der Waals surface area contributed by atoms with Gasteiger partial charge in [-0.1, -0.05) is 41.9 Å². The van der Waals surface area contributed by atoms with E-state index in [9.17, 15) is 9.59 Å². The summed E-state index contributed by atoms with van der Waals surface area (Å²) in [5.41, 5.74) is 2.17. The molecule has 0 atom stereocenters. The summed E-state index contributed by atoms with van der Waals surface area (Å²) in [6, 6.07) is 16.3. The van der Waals surface area contributed by atoms with E-state index in [0.717, 1.165) is 11.3 Å². The zero-order chi connectivity index (χ0) is 19.2. The largest absolute Gasteiger partial charge is 0.459 e. The molecule has 0 unspecified atom stereocenters. The molecule has 0 bridgehead atoms. The number of nitrogens with zero attached hydrogens (tertiary/aromatic N) is 2. The SMILES string of the molecule is CC(=O)N(c1ccccc1)c1nc(COC(=O)Cc2ccc(Cl)cc2)cs1. The molecule has 2 aromatic carbocycles. The summed E-state index contributed by atoms with van der Waals surface area (Å²) in [6.45, 7) is 1.55. The van der Waals surface area contributed by atoms with E-state index in [2.05, 4.69) is 4.98 Å². The lowest BCUT2D eigenvalue weighted by Gasteiger charge is -2.17. The Morgan fingerprint density at radius 1 is 1.11 bits per heavy atom. The number of carbonyl (C=O) groups excluding carboxylic acids is 2. The van der Waals surface area contributed by atoms with E-state index in [0.29, 0.717) is 15.8 Å². The molecule has 1 amide bonds. The molecule has 0 aliphatic rings. The Kier molecular flexibility index (Phi) is 6.21. The fraction of sp³-hybridized carbons (Fsp3) is 0.150. The number of hydrogen-bond donors (Lipinski definition) is 0. The number of carbonyl (C=O) groups is 2. The molecule has 3 rings (SSSR count). The van der Waals surface area contributed by atoms with Crippen LogP contribution >= 0.6 is 22.9 Å². The third kappa shape index (κ3) is 5.15. The minimum atomic E-state index is -0.349. The highest BCUT2D eigenvalue weighted by Crippen LogP contribution is 2.28. The summed E-state index contributed by atoms with van der Waals surface area (Å²) in [5, 5.41) is 2.94. The van der Waals surface area contributed by atoms with Crippen LogP contribution in [0.2, 0.25) is 5.02 Å². The van der Waals surface area contributed by atoms with Gasteiger partial charge in [0.2, 0.25) is 5.91 Å². The number of halogens is 1. The predicted octanol–water partition coefficient (Wildman–Crippen LogP) is 4.77. The molecule has 7 heteroatoms. The summed E-state index contributed by atoms with van der Waals surface area (Å²) >= 11 is 7.16. The smallest absolute Gasteiger partial charge is 0.310 e. The molecule has 0 saturated carbocycles. The number of amides is 1. The lowest BCUT2D eigenvalue weighted by atomic mass is 10.1. The molecule has 1 heterocycles. The van der Waals surface area contributed by atoms with Gasteiger partial charge in [0.1, 0.15) is 6.61 Å². The van der Waals surface area contributed by atoms with Crippen molar-refractivity contribution in [2.45, 2.75) is 20.0 Å². The summed E-state index contributed by atoms with van der Waals surface area (Å²) < 4.78 is 5.29. The molecule has 0 saturated heterocycles. The first-order valence-corrected chi connectivity index (χ1v) is 9.49. The second kappa shape index (κ2) is 8.79. The number of hydrogen-bond acceptors (Lipinski definition) is 5. The van der Waals surface area contributed by atoms with Crippen LogP contribution in [0.1, 0.15) is 18.2 Å². The average molecular weight is 401 g/mol. The van der Waals surface area contributed by atoms with Gasteiger partial charge in [-0.25, -0.2) is 4.98 Å². The molecule has 0 aliphatic carbocycles. The Morgan fingerprint density at radius 3 is 2.48 bits per heavy atom. The zero-order valence-electron chi connectivity index (χ0n) is 14.6. The van der Waals surface area contributed by atoms with Gasteiger partial charge in [0.15, 0.2) is 5.13 Å². The summed E-state index contributed by atoms with van der Waals surface area (Å²) in [7, 11) is 0. The third-order valence-electron chi connectivity index (χ3n) is 3.70. The van der Waals surface area contributed by atoms with Crippen molar-refractivity contribution in [1.29, 1.82) is 0 Å². The second-order valence-electron chi connectivity index (χ2n) is 5.78. The molecule has 0 spiro atoms. The van der Waals surface area contributed by atoms with Gasteiger partial charge in [0.25, 0.3) is 0 Å². The van der Waals surface area contributed by atoms with Crippen molar-refractivity contribution in [1.82, 2.24) is 4.98 Å². The van der Waals surface area contributed by atoms with Crippen LogP contribution in [0.5, 0.6) is 0 Å². The lowest BCUT2D eigenvalue weighted by Crippen LogP contribution is -2.22. The van der Waals surface area contributed by atoms with Gasteiger partial charge in [-0.3, -0.25) is 14.5 Å². The molecule has 0 aliphatic heterocycles. The van der Waals surface area contributed by atoms with Crippen molar-refractivity contribution in [2.24, 2.45) is 0 Å². The van der Waals surface area contributed by atoms with Crippen molar-refractivity contribution in [3.63, 3.8) is 0 Å². The number of benzene rings is 2. The van der Waals surface area contributed by atoms with Crippen molar-refractivity contribution in [2.75, 3.05) is 4.90 Å². The molecule has 0 N–H and O–H groups in total. The first kappa shape index (κ1) is 19.1. The van der Waals surface area contributed by atoms with Gasteiger partial charge in [0, 0.05) is 17.3 Å². The molecular weight excluding hydrogens is 384 g/mol. The number of rotatable bonds is 6. The van der Waals surface area contributed by atoms with Crippen LogP contribution in [0.4, 0.5) is 10.8 Å². The maximum absolute atomic E-state index is 12.0. The average Bonchev–Trinajstić information content (AvgIpc) is 3.11. The number of thiazole rings is 1. The van der Waals surface area contributed by atoms with Crippen LogP contribution in [0.3, 0.4) is 0 Å². The van der Waals surface area contributed by atoms with E-state index in [1.807, 2.05) is 30.3 Å². The molecule has 0 radical (unpaired) electrons. The number of ether oxygens (including phenoxy) is 1.